The highest BCUT2D eigenvalue weighted by atomic mass is 31.1. The molecule has 0 aliphatic carbocycles. The topological polar surface area (TPSA) is 44.8 Å². The molecular weight excluding hydrogens is 275 g/mol. The van der Waals surface area contributed by atoms with E-state index < -0.39 is 8.25 Å². The van der Waals surface area contributed by atoms with Crippen molar-refractivity contribution in [3.63, 3.8) is 0 Å². The van der Waals surface area contributed by atoms with Crippen LogP contribution in [0.25, 0.3) is 0 Å². The van der Waals surface area contributed by atoms with Crippen molar-refractivity contribution in [1.82, 2.24) is 0 Å². The zero-order chi connectivity index (χ0) is 15.3. The van der Waals surface area contributed by atoms with Gasteiger partial charge in [0.05, 0.1) is 12.2 Å². The highest BCUT2D eigenvalue weighted by Gasteiger charge is 2.39. The predicted octanol–water partition coefficient (Wildman–Crippen LogP) is 4.56. The van der Waals surface area contributed by atoms with E-state index in [9.17, 15) is 4.57 Å². The molecule has 1 aliphatic rings. The van der Waals surface area contributed by atoms with E-state index in [1.807, 2.05) is 13.8 Å². The van der Waals surface area contributed by atoms with Gasteiger partial charge in [0.1, 0.15) is 12.7 Å². The smallest absolute Gasteiger partial charge is 0.375 e. The quantitative estimate of drug-likeness (QED) is 0.617. The zero-order valence-electron chi connectivity index (χ0n) is 13.7. The van der Waals surface area contributed by atoms with Crippen LogP contribution < -0.4 is 0 Å². The Hall–Kier alpha value is -0.0200. The van der Waals surface area contributed by atoms with Gasteiger partial charge in [0.25, 0.3) is 0 Å². The van der Waals surface area contributed by atoms with Crippen LogP contribution in [-0.2, 0) is 18.3 Å². The second-order valence-electron chi connectivity index (χ2n) is 6.53. The molecule has 1 saturated heterocycles. The van der Waals surface area contributed by atoms with E-state index in [1.54, 1.807) is 0 Å². The Bertz CT molecular complexity index is 306. The molecule has 2 unspecified atom stereocenters. The summed E-state index contributed by atoms with van der Waals surface area (Å²) in [5, 5.41) is 0. The molecule has 0 saturated carbocycles. The average molecular weight is 305 g/mol. The first-order valence-electron chi connectivity index (χ1n) is 7.73. The maximum atomic E-state index is 11.5. The Morgan fingerprint density at radius 1 is 1.20 bits per heavy atom. The van der Waals surface area contributed by atoms with Crippen molar-refractivity contribution in [2.75, 3.05) is 6.61 Å². The molecule has 0 aromatic carbocycles. The third-order valence-corrected chi connectivity index (χ3v) is 4.91. The van der Waals surface area contributed by atoms with E-state index in [1.165, 1.54) is 6.42 Å². The lowest BCUT2D eigenvalue weighted by Gasteiger charge is -2.22. The first-order valence-corrected chi connectivity index (χ1v) is 8.83. The lowest BCUT2D eigenvalue weighted by molar-refractivity contribution is 0.0241. The van der Waals surface area contributed by atoms with Gasteiger partial charge in [-0.1, -0.05) is 20.8 Å². The van der Waals surface area contributed by atoms with Crippen molar-refractivity contribution < 1.29 is 18.3 Å². The van der Waals surface area contributed by atoms with Crippen LogP contribution in [0.3, 0.4) is 0 Å². The molecular formula is C15H30O4P+. The maximum absolute atomic E-state index is 11.5. The summed E-state index contributed by atoms with van der Waals surface area (Å²) in [6, 6.07) is 0. The van der Waals surface area contributed by atoms with E-state index in [2.05, 4.69) is 27.7 Å². The molecule has 0 aromatic heterocycles. The lowest BCUT2D eigenvalue weighted by Crippen LogP contribution is -2.22. The summed E-state index contributed by atoms with van der Waals surface area (Å²) >= 11 is 0. The van der Waals surface area contributed by atoms with Gasteiger partial charge in [-0.3, -0.25) is 0 Å². The van der Waals surface area contributed by atoms with E-state index in [-0.39, 0.29) is 12.2 Å². The van der Waals surface area contributed by atoms with Crippen molar-refractivity contribution in [3.8, 4) is 0 Å². The van der Waals surface area contributed by atoms with Crippen LogP contribution >= 0.6 is 8.25 Å². The Labute approximate surface area is 124 Å². The van der Waals surface area contributed by atoms with Gasteiger partial charge < -0.3 is 4.74 Å². The summed E-state index contributed by atoms with van der Waals surface area (Å²) in [5.74, 6) is 1.81. The standard InChI is InChI=1S/C15H30O4P/c1-10(2)9-14-12(5)13(6)18-15(14)7-8-17-20(16)19-11(3)4/h10-15H,7-9H2,1-6H3/q+1/t12-,13+,14?,15-/m1/s1. The summed E-state index contributed by atoms with van der Waals surface area (Å²) in [4.78, 5) is 0. The zero-order valence-corrected chi connectivity index (χ0v) is 14.6. The summed E-state index contributed by atoms with van der Waals surface area (Å²) in [6.45, 7) is 13.0. The highest BCUT2D eigenvalue weighted by Crippen LogP contribution is 2.38. The van der Waals surface area contributed by atoms with Crippen molar-refractivity contribution in [3.05, 3.63) is 0 Å². The van der Waals surface area contributed by atoms with Crippen LogP contribution in [0.2, 0.25) is 0 Å². The maximum Gasteiger partial charge on any atom is 0.697 e. The second-order valence-corrected chi connectivity index (χ2v) is 7.45. The summed E-state index contributed by atoms with van der Waals surface area (Å²) < 4.78 is 27.9. The molecule has 20 heavy (non-hydrogen) atoms. The number of hydrogen-bond donors (Lipinski definition) is 0. The molecule has 4 nitrogen and oxygen atoms in total. The molecule has 0 aromatic rings. The van der Waals surface area contributed by atoms with Crippen molar-refractivity contribution in [2.24, 2.45) is 17.8 Å². The average Bonchev–Trinajstić information content (AvgIpc) is 2.55. The largest absolute Gasteiger partial charge is 0.697 e. The Balaban J connectivity index is 2.39. The molecule has 118 valence electrons. The molecule has 0 amide bonds. The molecule has 1 heterocycles. The molecule has 0 spiro atoms. The Morgan fingerprint density at radius 2 is 1.85 bits per heavy atom. The molecule has 5 atom stereocenters. The molecule has 1 aliphatic heterocycles. The monoisotopic (exact) mass is 305 g/mol. The first kappa shape index (κ1) is 18.0. The molecule has 1 rings (SSSR count). The highest BCUT2D eigenvalue weighted by molar-refractivity contribution is 7.33. The summed E-state index contributed by atoms with van der Waals surface area (Å²) in [5.41, 5.74) is 0. The van der Waals surface area contributed by atoms with Gasteiger partial charge in [-0.05, 0) is 44.9 Å². The van der Waals surface area contributed by atoms with Crippen molar-refractivity contribution >= 4 is 8.25 Å². The fraction of sp³-hybridized carbons (Fsp3) is 1.00. The fourth-order valence-electron chi connectivity index (χ4n) is 2.83. The molecule has 0 bridgehead atoms. The fourth-order valence-corrected chi connectivity index (χ4v) is 3.49. The molecule has 0 N–H and O–H groups in total. The van der Waals surface area contributed by atoms with Gasteiger partial charge >= 0.3 is 8.25 Å². The predicted molar refractivity (Wildman–Crippen MR) is 80.8 cm³/mol. The second kappa shape index (κ2) is 8.43. The van der Waals surface area contributed by atoms with Crippen molar-refractivity contribution in [1.29, 1.82) is 0 Å². The van der Waals surface area contributed by atoms with Gasteiger partial charge in [-0.15, -0.1) is 9.05 Å². The SMILES string of the molecule is CC(C)CC1[C@@H](CCO[P+](=O)OC(C)C)O[C@@H](C)[C@H]1C. The summed E-state index contributed by atoms with van der Waals surface area (Å²) in [7, 11) is -2.00. The Kier molecular flexibility index (Phi) is 7.60. The van der Waals surface area contributed by atoms with E-state index >= 15 is 0 Å². The van der Waals surface area contributed by atoms with Crippen LogP contribution in [0.1, 0.15) is 54.4 Å². The Morgan fingerprint density at radius 3 is 2.40 bits per heavy atom. The van der Waals surface area contributed by atoms with E-state index in [0.717, 1.165) is 6.42 Å². The summed E-state index contributed by atoms with van der Waals surface area (Å²) in [6.07, 6.45) is 2.39. The third kappa shape index (κ3) is 5.77. The minimum atomic E-state index is -2.00. The van der Waals surface area contributed by atoms with Crippen LogP contribution in [-0.4, -0.2) is 24.9 Å². The van der Waals surface area contributed by atoms with Gasteiger partial charge in [0, 0.05) is 11.0 Å². The van der Waals surface area contributed by atoms with Gasteiger partial charge in [0.15, 0.2) is 0 Å². The van der Waals surface area contributed by atoms with Gasteiger partial charge in [0.2, 0.25) is 0 Å². The van der Waals surface area contributed by atoms with Crippen molar-refractivity contribution in [2.45, 2.75) is 72.7 Å². The molecule has 1 fully saturated rings. The molecule has 5 heteroatoms. The lowest BCUT2D eigenvalue weighted by atomic mass is 9.82. The van der Waals surface area contributed by atoms with Gasteiger partial charge in [-0.2, -0.15) is 0 Å². The third-order valence-electron chi connectivity index (χ3n) is 3.92. The van der Waals surface area contributed by atoms with E-state index in [4.69, 9.17) is 13.8 Å². The van der Waals surface area contributed by atoms with Crippen LogP contribution in [0, 0.1) is 17.8 Å². The molecule has 0 radical (unpaired) electrons. The number of hydrogen-bond acceptors (Lipinski definition) is 4. The first-order chi connectivity index (χ1) is 9.31. The normalized spacial score (nSPS) is 31.3. The van der Waals surface area contributed by atoms with Gasteiger partial charge in [-0.25, -0.2) is 0 Å². The number of rotatable bonds is 8. The van der Waals surface area contributed by atoms with Crippen LogP contribution in [0.15, 0.2) is 0 Å². The minimum absolute atomic E-state index is 0.0740. The van der Waals surface area contributed by atoms with Crippen LogP contribution in [0.4, 0.5) is 0 Å². The van der Waals surface area contributed by atoms with Crippen LogP contribution in [0.5, 0.6) is 0 Å². The van der Waals surface area contributed by atoms with E-state index in [0.29, 0.717) is 30.5 Å². The number of ether oxygens (including phenoxy) is 1. The minimum Gasteiger partial charge on any atom is -0.375 e.